The van der Waals surface area contributed by atoms with Crippen LogP contribution in [0, 0.1) is 0 Å². The first kappa shape index (κ1) is 9.03. The third-order valence-corrected chi connectivity index (χ3v) is 2.07. The van der Waals surface area contributed by atoms with Crippen molar-refractivity contribution in [3.05, 3.63) is 57.9 Å². The van der Waals surface area contributed by atoms with Gasteiger partial charge >= 0.3 is 5.63 Å². The van der Waals surface area contributed by atoms with E-state index in [-0.39, 0.29) is 5.63 Å². The average molecular weight is 207 g/mol. The van der Waals surface area contributed by atoms with Crippen LogP contribution in [0.1, 0.15) is 0 Å². The average Bonchev–Trinajstić information content (AvgIpc) is 2.19. The molecule has 0 spiro atoms. The smallest absolute Gasteiger partial charge is 0.336 e. The van der Waals surface area contributed by atoms with Crippen molar-refractivity contribution >= 4 is 11.6 Å². The number of hydrogen-bond donors (Lipinski definition) is 0. The Bertz CT molecular complexity index is 485. The molecule has 3 heteroatoms. The third-order valence-electron chi connectivity index (χ3n) is 1.82. The molecule has 0 N–H and O–H groups in total. The second-order valence-electron chi connectivity index (χ2n) is 2.82. The largest absolute Gasteiger partial charge is 0.423 e. The first-order valence-corrected chi connectivity index (χ1v) is 4.49. The van der Waals surface area contributed by atoms with Crippen LogP contribution in [0.3, 0.4) is 0 Å². The second-order valence-corrected chi connectivity index (χ2v) is 3.25. The maximum absolute atomic E-state index is 10.9. The molecule has 0 aliphatic heterocycles. The maximum Gasteiger partial charge on any atom is 0.336 e. The summed E-state index contributed by atoms with van der Waals surface area (Å²) in [5.41, 5.74) is 0.490. The molecule has 2 nitrogen and oxygen atoms in total. The van der Waals surface area contributed by atoms with E-state index >= 15 is 0 Å². The fraction of sp³-hybridized carbons (Fsp3) is 0. The molecule has 1 aromatic heterocycles. The SMILES string of the molecule is O=c1cccc(-c2ccc(Cl)cc2)o1. The Hall–Kier alpha value is -1.54. The van der Waals surface area contributed by atoms with Crippen molar-refractivity contribution < 1.29 is 4.42 Å². The van der Waals surface area contributed by atoms with Gasteiger partial charge in [0.1, 0.15) is 5.76 Å². The van der Waals surface area contributed by atoms with Gasteiger partial charge < -0.3 is 4.42 Å². The second kappa shape index (κ2) is 3.68. The molecule has 0 saturated heterocycles. The molecule has 0 bridgehead atoms. The van der Waals surface area contributed by atoms with E-state index in [9.17, 15) is 4.79 Å². The lowest BCUT2D eigenvalue weighted by molar-refractivity contribution is 0.526. The van der Waals surface area contributed by atoms with E-state index in [0.717, 1.165) is 5.56 Å². The molecule has 0 radical (unpaired) electrons. The summed E-state index contributed by atoms with van der Waals surface area (Å²) in [6.45, 7) is 0. The Morgan fingerprint density at radius 1 is 1.00 bits per heavy atom. The van der Waals surface area contributed by atoms with Crippen LogP contribution >= 0.6 is 11.6 Å². The van der Waals surface area contributed by atoms with Gasteiger partial charge in [0.2, 0.25) is 0 Å². The van der Waals surface area contributed by atoms with Crippen molar-refractivity contribution in [2.45, 2.75) is 0 Å². The van der Waals surface area contributed by atoms with E-state index in [0.29, 0.717) is 10.8 Å². The Morgan fingerprint density at radius 2 is 1.71 bits per heavy atom. The minimum atomic E-state index is -0.350. The highest BCUT2D eigenvalue weighted by Crippen LogP contribution is 2.19. The summed E-state index contributed by atoms with van der Waals surface area (Å²) in [7, 11) is 0. The van der Waals surface area contributed by atoms with Crippen molar-refractivity contribution in [1.29, 1.82) is 0 Å². The zero-order valence-electron chi connectivity index (χ0n) is 7.24. The lowest BCUT2D eigenvalue weighted by Crippen LogP contribution is -1.94. The van der Waals surface area contributed by atoms with Crippen molar-refractivity contribution in [1.82, 2.24) is 0 Å². The molecule has 14 heavy (non-hydrogen) atoms. The molecule has 0 atom stereocenters. The molecular formula is C11H7ClO2. The van der Waals surface area contributed by atoms with Gasteiger partial charge in [-0.2, -0.15) is 0 Å². The topological polar surface area (TPSA) is 30.2 Å². The molecule has 0 fully saturated rings. The molecule has 0 aliphatic carbocycles. The van der Waals surface area contributed by atoms with Crippen LogP contribution in [0.15, 0.2) is 51.7 Å². The van der Waals surface area contributed by atoms with Gasteiger partial charge in [0.25, 0.3) is 0 Å². The Kier molecular flexibility index (Phi) is 2.37. The molecule has 1 aromatic carbocycles. The summed E-state index contributed by atoms with van der Waals surface area (Å²) in [6, 6.07) is 11.9. The Labute approximate surface area is 85.8 Å². The summed E-state index contributed by atoms with van der Waals surface area (Å²) in [6.07, 6.45) is 0. The first-order chi connectivity index (χ1) is 6.75. The van der Waals surface area contributed by atoms with E-state index in [1.165, 1.54) is 6.07 Å². The molecule has 0 saturated carbocycles. The molecule has 0 amide bonds. The van der Waals surface area contributed by atoms with Crippen LogP contribution in [0.4, 0.5) is 0 Å². The molecule has 70 valence electrons. The fourth-order valence-corrected chi connectivity index (χ4v) is 1.29. The number of hydrogen-bond acceptors (Lipinski definition) is 2. The lowest BCUT2D eigenvalue weighted by atomic mass is 10.2. The van der Waals surface area contributed by atoms with Gasteiger partial charge in [-0.05, 0) is 30.3 Å². The summed E-state index contributed by atoms with van der Waals surface area (Å²) < 4.78 is 5.00. The third kappa shape index (κ3) is 1.86. The van der Waals surface area contributed by atoms with Crippen molar-refractivity contribution in [2.75, 3.05) is 0 Å². The van der Waals surface area contributed by atoms with Crippen molar-refractivity contribution in [2.24, 2.45) is 0 Å². The van der Waals surface area contributed by atoms with Gasteiger partial charge in [0.15, 0.2) is 0 Å². The summed E-state index contributed by atoms with van der Waals surface area (Å²) in [5, 5.41) is 0.659. The highest BCUT2D eigenvalue weighted by molar-refractivity contribution is 6.30. The highest BCUT2D eigenvalue weighted by Gasteiger charge is 1.99. The molecule has 0 unspecified atom stereocenters. The van der Waals surface area contributed by atoms with E-state index < -0.39 is 0 Å². The number of halogens is 1. The predicted molar refractivity (Wildman–Crippen MR) is 55.4 cm³/mol. The van der Waals surface area contributed by atoms with Crippen LogP contribution < -0.4 is 5.63 Å². The van der Waals surface area contributed by atoms with E-state index in [1.807, 2.05) is 0 Å². The van der Waals surface area contributed by atoms with Gasteiger partial charge in [0, 0.05) is 16.7 Å². The molecule has 0 aliphatic rings. The van der Waals surface area contributed by atoms with E-state index in [1.54, 1.807) is 36.4 Å². The first-order valence-electron chi connectivity index (χ1n) is 4.12. The predicted octanol–water partition coefficient (Wildman–Crippen LogP) is 2.96. The van der Waals surface area contributed by atoms with Gasteiger partial charge in [-0.3, -0.25) is 0 Å². The lowest BCUT2D eigenvalue weighted by Gasteiger charge is -1.98. The molecule has 1 heterocycles. The van der Waals surface area contributed by atoms with Gasteiger partial charge in [0.05, 0.1) is 0 Å². The van der Waals surface area contributed by atoms with Crippen LogP contribution in [0.2, 0.25) is 5.02 Å². The number of benzene rings is 1. The zero-order chi connectivity index (χ0) is 9.97. The zero-order valence-corrected chi connectivity index (χ0v) is 7.99. The van der Waals surface area contributed by atoms with Gasteiger partial charge in [-0.15, -0.1) is 0 Å². The molecule has 2 aromatic rings. The van der Waals surface area contributed by atoms with Gasteiger partial charge in [-0.25, -0.2) is 4.79 Å². The standard InChI is InChI=1S/C11H7ClO2/c12-9-6-4-8(5-7-9)10-2-1-3-11(13)14-10/h1-7H. The summed E-state index contributed by atoms with van der Waals surface area (Å²) >= 11 is 5.74. The Balaban J connectivity index is 2.50. The number of rotatable bonds is 1. The van der Waals surface area contributed by atoms with Crippen LogP contribution in [0.25, 0.3) is 11.3 Å². The summed E-state index contributed by atoms with van der Waals surface area (Å²) in [5.74, 6) is 0.550. The maximum atomic E-state index is 10.9. The van der Waals surface area contributed by atoms with E-state index in [4.69, 9.17) is 16.0 Å². The van der Waals surface area contributed by atoms with Crippen molar-refractivity contribution in [3.8, 4) is 11.3 Å². The fourth-order valence-electron chi connectivity index (χ4n) is 1.16. The summed E-state index contributed by atoms with van der Waals surface area (Å²) in [4.78, 5) is 10.9. The minimum Gasteiger partial charge on any atom is -0.423 e. The van der Waals surface area contributed by atoms with Crippen LogP contribution in [-0.2, 0) is 0 Å². The Morgan fingerprint density at radius 3 is 2.36 bits per heavy atom. The molecule has 2 rings (SSSR count). The highest BCUT2D eigenvalue weighted by atomic mass is 35.5. The monoisotopic (exact) mass is 206 g/mol. The normalized spacial score (nSPS) is 10.1. The van der Waals surface area contributed by atoms with Crippen LogP contribution in [-0.4, -0.2) is 0 Å². The minimum absolute atomic E-state index is 0.350. The quantitative estimate of drug-likeness (QED) is 0.718. The molecular weight excluding hydrogens is 200 g/mol. The van der Waals surface area contributed by atoms with E-state index in [2.05, 4.69) is 0 Å². The van der Waals surface area contributed by atoms with Gasteiger partial charge in [-0.1, -0.05) is 17.7 Å². The van der Waals surface area contributed by atoms with Crippen LogP contribution in [0.5, 0.6) is 0 Å². The van der Waals surface area contributed by atoms with Crippen molar-refractivity contribution in [3.63, 3.8) is 0 Å².